The molecule has 3 heterocycles. The van der Waals surface area contributed by atoms with Crippen LogP contribution in [0.5, 0.6) is 0 Å². The Kier molecular flexibility index (Phi) is 3.61. The van der Waals surface area contributed by atoms with Gasteiger partial charge in [0, 0.05) is 30.4 Å². The van der Waals surface area contributed by atoms with Gasteiger partial charge in [-0.1, -0.05) is 0 Å². The third kappa shape index (κ3) is 2.63. The van der Waals surface area contributed by atoms with Crippen LogP contribution in [0.3, 0.4) is 0 Å². The lowest BCUT2D eigenvalue weighted by Crippen LogP contribution is -2.27. The van der Waals surface area contributed by atoms with Crippen molar-refractivity contribution in [3.63, 3.8) is 0 Å². The van der Waals surface area contributed by atoms with Gasteiger partial charge in [-0.05, 0) is 46.7 Å². The van der Waals surface area contributed by atoms with Crippen molar-refractivity contribution in [2.24, 2.45) is 0 Å². The fourth-order valence-corrected chi connectivity index (χ4v) is 3.05. The minimum atomic E-state index is 0.722. The van der Waals surface area contributed by atoms with Crippen LogP contribution in [0, 0.1) is 13.8 Å². The standard InChI is InChI=1S/C15H23N5/c1-11-9-14(20-15(17-11)10-12(2)18-20)16-7-6-13-5-4-8-19(13)3/h9-10,13,16H,4-8H2,1-3H3/t13-/m0/s1. The molecule has 1 aliphatic rings. The molecule has 1 N–H and O–H groups in total. The molecule has 5 heteroatoms. The molecule has 0 aromatic carbocycles. The van der Waals surface area contributed by atoms with Crippen LogP contribution < -0.4 is 5.32 Å². The van der Waals surface area contributed by atoms with Crippen molar-refractivity contribution >= 4 is 11.5 Å². The summed E-state index contributed by atoms with van der Waals surface area (Å²) in [6.07, 6.45) is 3.83. The van der Waals surface area contributed by atoms with Gasteiger partial charge in [0.25, 0.3) is 0 Å². The Hall–Kier alpha value is -1.62. The van der Waals surface area contributed by atoms with E-state index in [2.05, 4.69) is 33.4 Å². The molecule has 0 saturated carbocycles. The van der Waals surface area contributed by atoms with Crippen molar-refractivity contribution in [2.45, 2.75) is 39.2 Å². The predicted molar refractivity (Wildman–Crippen MR) is 81.2 cm³/mol. The first-order valence-corrected chi connectivity index (χ1v) is 7.41. The summed E-state index contributed by atoms with van der Waals surface area (Å²) in [7, 11) is 2.23. The van der Waals surface area contributed by atoms with Crippen LogP contribution in [0.2, 0.25) is 0 Å². The first-order chi connectivity index (χ1) is 9.63. The van der Waals surface area contributed by atoms with E-state index in [4.69, 9.17) is 0 Å². The Bertz CT molecular complexity index is 604. The van der Waals surface area contributed by atoms with E-state index < -0.39 is 0 Å². The zero-order chi connectivity index (χ0) is 14.1. The number of nitrogens with zero attached hydrogens (tertiary/aromatic N) is 4. The summed E-state index contributed by atoms with van der Waals surface area (Å²) < 4.78 is 1.90. The number of nitrogens with one attached hydrogen (secondary N) is 1. The molecule has 2 aromatic heterocycles. The van der Waals surface area contributed by atoms with Crippen LogP contribution in [0.1, 0.15) is 30.7 Å². The van der Waals surface area contributed by atoms with Gasteiger partial charge in [0.1, 0.15) is 5.82 Å². The van der Waals surface area contributed by atoms with Gasteiger partial charge in [0.05, 0.1) is 5.69 Å². The summed E-state index contributed by atoms with van der Waals surface area (Å²) in [5, 5.41) is 8.02. The summed E-state index contributed by atoms with van der Waals surface area (Å²) in [5.74, 6) is 1.04. The van der Waals surface area contributed by atoms with Crippen molar-refractivity contribution in [2.75, 3.05) is 25.5 Å². The molecule has 1 atom stereocenters. The van der Waals surface area contributed by atoms with Gasteiger partial charge in [-0.3, -0.25) is 0 Å². The second kappa shape index (κ2) is 5.40. The van der Waals surface area contributed by atoms with E-state index in [1.165, 1.54) is 25.8 Å². The second-order valence-electron chi connectivity index (χ2n) is 5.83. The number of rotatable bonds is 4. The summed E-state index contributed by atoms with van der Waals surface area (Å²) in [6.45, 7) is 6.24. The van der Waals surface area contributed by atoms with Gasteiger partial charge >= 0.3 is 0 Å². The number of hydrogen-bond acceptors (Lipinski definition) is 4. The minimum Gasteiger partial charge on any atom is -0.370 e. The molecule has 1 fully saturated rings. The van der Waals surface area contributed by atoms with Crippen molar-refractivity contribution < 1.29 is 0 Å². The average molecular weight is 273 g/mol. The first-order valence-electron chi connectivity index (χ1n) is 7.41. The van der Waals surface area contributed by atoms with Crippen LogP contribution in [0.4, 0.5) is 5.82 Å². The van der Waals surface area contributed by atoms with Crippen molar-refractivity contribution in [3.05, 3.63) is 23.5 Å². The Labute approximate surface area is 120 Å². The highest BCUT2D eigenvalue weighted by Crippen LogP contribution is 2.18. The lowest BCUT2D eigenvalue weighted by Gasteiger charge is -2.19. The lowest BCUT2D eigenvalue weighted by atomic mass is 10.1. The quantitative estimate of drug-likeness (QED) is 0.928. The number of aryl methyl sites for hydroxylation is 2. The largest absolute Gasteiger partial charge is 0.370 e. The maximum absolute atomic E-state index is 4.51. The molecular formula is C15H23N5. The van der Waals surface area contributed by atoms with Crippen LogP contribution in [-0.2, 0) is 0 Å². The fraction of sp³-hybridized carbons (Fsp3) is 0.600. The smallest absolute Gasteiger partial charge is 0.157 e. The molecule has 0 aliphatic carbocycles. The molecule has 5 nitrogen and oxygen atoms in total. The second-order valence-corrected chi connectivity index (χ2v) is 5.83. The highest BCUT2D eigenvalue weighted by atomic mass is 15.3. The van der Waals surface area contributed by atoms with Crippen molar-refractivity contribution in [1.29, 1.82) is 0 Å². The van der Waals surface area contributed by atoms with Crippen LogP contribution in [0.25, 0.3) is 5.65 Å². The van der Waals surface area contributed by atoms with E-state index in [9.17, 15) is 0 Å². The number of hydrogen-bond donors (Lipinski definition) is 1. The van der Waals surface area contributed by atoms with Crippen LogP contribution >= 0.6 is 0 Å². The number of anilines is 1. The molecule has 0 amide bonds. The maximum atomic E-state index is 4.51. The molecule has 0 bridgehead atoms. The summed E-state index contributed by atoms with van der Waals surface area (Å²) in [6, 6.07) is 4.81. The SMILES string of the molecule is Cc1cc(NCC[C@@H]2CCCN2C)n2nc(C)cc2n1. The van der Waals surface area contributed by atoms with E-state index >= 15 is 0 Å². The molecule has 0 spiro atoms. The van der Waals surface area contributed by atoms with E-state index in [0.29, 0.717) is 0 Å². The Morgan fingerprint density at radius 2 is 2.15 bits per heavy atom. The Balaban J connectivity index is 1.70. The normalized spacial score (nSPS) is 19.9. The molecular weight excluding hydrogens is 250 g/mol. The van der Waals surface area contributed by atoms with Crippen molar-refractivity contribution in [3.8, 4) is 0 Å². The van der Waals surface area contributed by atoms with Crippen LogP contribution in [-0.4, -0.2) is 45.7 Å². The molecule has 3 rings (SSSR count). The van der Waals surface area contributed by atoms with Gasteiger partial charge in [-0.2, -0.15) is 9.61 Å². The molecule has 20 heavy (non-hydrogen) atoms. The fourth-order valence-electron chi connectivity index (χ4n) is 3.05. The third-order valence-corrected chi connectivity index (χ3v) is 4.13. The number of fused-ring (bicyclic) bond motifs is 1. The van der Waals surface area contributed by atoms with Gasteiger partial charge in [-0.15, -0.1) is 0 Å². The van der Waals surface area contributed by atoms with Gasteiger partial charge in [0.2, 0.25) is 0 Å². The molecule has 0 unspecified atom stereocenters. The Morgan fingerprint density at radius 3 is 2.90 bits per heavy atom. The predicted octanol–water partition coefficient (Wildman–Crippen LogP) is 2.24. The van der Waals surface area contributed by atoms with E-state index in [1.54, 1.807) is 0 Å². The molecule has 1 saturated heterocycles. The van der Waals surface area contributed by atoms with E-state index in [-0.39, 0.29) is 0 Å². The Morgan fingerprint density at radius 1 is 1.30 bits per heavy atom. The average Bonchev–Trinajstić information content (AvgIpc) is 2.95. The third-order valence-electron chi connectivity index (χ3n) is 4.13. The molecule has 108 valence electrons. The molecule has 1 aliphatic heterocycles. The van der Waals surface area contributed by atoms with Crippen LogP contribution in [0.15, 0.2) is 12.1 Å². The van der Waals surface area contributed by atoms with Crippen molar-refractivity contribution in [1.82, 2.24) is 19.5 Å². The van der Waals surface area contributed by atoms with E-state index in [1.807, 2.05) is 24.4 Å². The minimum absolute atomic E-state index is 0.722. The summed E-state index contributed by atoms with van der Waals surface area (Å²) >= 11 is 0. The number of likely N-dealkylation sites (tertiary alicyclic amines) is 1. The number of aromatic nitrogens is 3. The summed E-state index contributed by atoms with van der Waals surface area (Å²) in [4.78, 5) is 6.97. The summed E-state index contributed by atoms with van der Waals surface area (Å²) in [5.41, 5.74) is 2.95. The topological polar surface area (TPSA) is 45.5 Å². The van der Waals surface area contributed by atoms with Gasteiger partial charge in [0.15, 0.2) is 5.65 Å². The van der Waals surface area contributed by atoms with Gasteiger partial charge in [-0.25, -0.2) is 4.98 Å². The zero-order valence-electron chi connectivity index (χ0n) is 12.6. The highest BCUT2D eigenvalue weighted by molar-refractivity contribution is 5.50. The van der Waals surface area contributed by atoms with Gasteiger partial charge < -0.3 is 10.2 Å². The lowest BCUT2D eigenvalue weighted by molar-refractivity contribution is 0.301. The monoisotopic (exact) mass is 273 g/mol. The highest BCUT2D eigenvalue weighted by Gasteiger charge is 2.20. The first kappa shape index (κ1) is 13.4. The molecule has 2 aromatic rings. The maximum Gasteiger partial charge on any atom is 0.157 e. The van der Waals surface area contributed by atoms with E-state index in [0.717, 1.165) is 35.4 Å². The zero-order valence-corrected chi connectivity index (χ0v) is 12.6. The molecule has 0 radical (unpaired) electrons.